The molecule has 2 aromatic carbocycles. The molecule has 1 aliphatic heterocycles. The van der Waals surface area contributed by atoms with Gasteiger partial charge in [-0.1, -0.05) is 60.7 Å². The second kappa shape index (κ2) is 7.54. The molecule has 3 rings (SSSR count). The standard InChI is InChI=1S/C16H17N.CH4O3S/c1-3-7-13(8-4-1)16(15-11-17-12-15)14-9-5-2-6-10-14;1-5(2,3)4/h1-10,15-17H,11-12H2;1H3,(H,2,3,4). The minimum Gasteiger partial charge on any atom is -0.316 e. The van der Waals surface area contributed by atoms with Crippen molar-refractivity contribution in [1.82, 2.24) is 5.32 Å². The van der Waals surface area contributed by atoms with Crippen molar-refractivity contribution in [3.63, 3.8) is 0 Å². The fraction of sp³-hybridized carbons (Fsp3) is 0.294. The summed E-state index contributed by atoms with van der Waals surface area (Å²) in [6.07, 6.45) is 0.715. The Hall–Kier alpha value is -1.69. The van der Waals surface area contributed by atoms with E-state index in [1.54, 1.807) is 0 Å². The molecule has 0 aliphatic carbocycles. The molecule has 0 unspecified atom stereocenters. The summed E-state index contributed by atoms with van der Waals surface area (Å²) in [6.45, 7) is 2.27. The number of benzene rings is 2. The van der Waals surface area contributed by atoms with Gasteiger partial charge in [0.1, 0.15) is 0 Å². The van der Waals surface area contributed by atoms with Crippen molar-refractivity contribution in [3.8, 4) is 0 Å². The molecule has 1 aliphatic rings. The fourth-order valence-electron chi connectivity index (χ4n) is 2.60. The first kappa shape index (κ1) is 16.7. The molecular formula is C17H21NO3S. The van der Waals surface area contributed by atoms with E-state index in [1.807, 2.05) is 0 Å². The molecule has 5 heteroatoms. The molecular weight excluding hydrogens is 298 g/mol. The summed E-state index contributed by atoms with van der Waals surface area (Å²) >= 11 is 0. The van der Waals surface area contributed by atoms with Crippen molar-refractivity contribution in [2.45, 2.75) is 5.92 Å². The molecule has 2 N–H and O–H groups in total. The highest BCUT2D eigenvalue weighted by molar-refractivity contribution is 7.85. The Balaban J connectivity index is 0.000000309. The van der Waals surface area contributed by atoms with Crippen LogP contribution in [0.15, 0.2) is 60.7 Å². The average molecular weight is 319 g/mol. The first-order valence-electron chi connectivity index (χ1n) is 7.18. The van der Waals surface area contributed by atoms with Gasteiger partial charge in [0.2, 0.25) is 0 Å². The summed E-state index contributed by atoms with van der Waals surface area (Å²) in [5.74, 6) is 1.28. The van der Waals surface area contributed by atoms with E-state index >= 15 is 0 Å². The highest BCUT2D eigenvalue weighted by Crippen LogP contribution is 2.33. The van der Waals surface area contributed by atoms with Crippen LogP contribution in [0.4, 0.5) is 0 Å². The zero-order chi connectivity index (χ0) is 16.0. The summed E-state index contributed by atoms with van der Waals surface area (Å²) in [5, 5.41) is 3.38. The SMILES string of the molecule is CS(=O)(=O)O.c1ccc(C(c2ccccc2)C2CNC2)cc1. The Morgan fingerprint density at radius 2 is 1.32 bits per heavy atom. The average Bonchev–Trinajstić information content (AvgIpc) is 2.43. The summed E-state index contributed by atoms with van der Waals surface area (Å²) in [5.41, 5.74) is 2.87. The summed E-state index contributed by atoms with van der Waals surface area (Å²) in [7, 11) is -3.67. The van der Waals surface area contributed by atoms with Crippen molar-refractivity contribution in [2.24, 2.45) is 5.92 Å². The van der Waals surface area contributed by atoms with E-state index < -0.39 is 10.1 Å². The quantitative estimate of drug-likeness (QED) is 0.853. The van der Waals surface area contributed by atoms with Crippen LogP contribution < -0.4 is 5.32 Å². The maximum absolute atomic E-state index is 9.19. The van der Waals surface area contributed by atoms with Gasteiger partial charge in [-0.3, -0.25) is 4.55 Å². The van der Waals surface area contributed by atoms with Crippen LogP contribution in [-0.2, 0) is 10.1 Å². The lowest BCUT2D eigenvalue weighted by Gasteiger charge is -2.35. The van der Waals surface area contributed by atoms with Crippen LogP contribution in [0, 0.1) is 5.92 Å². The van der Waals surface area contributed by atoms with Crippen LogP contribution in [0.5, 0.6) is 0 Å². The molecule has 4 nitrogen and oxygen atoms in total. The smallest absolute Gasteiger partial charge is 0.261 e. The first-order valence-corrected chi connectivity index (χ1v) is 9.03. The van der Waals surface area contributed by atoms with Crippen LogP contribution >= 0.6 is 0 Å². The Kier molecular flexibility index (Phi) is 5.71. The van der Waals surface area contributed by atoms with Crippen molar-refractivity contribution in [3.05, 3.63) is 71.8 Å². The molecule has 0 spiro atoms. The largest absolute Gasteiger partial charge is 0.316 e. The van der Waals surface area contributed by atoms with Gasteiger partial charge in [-0.2, -0.15) is 8.42 Å². The van der Waals surface area contributed by atoms with Gasteiger partial charge >= 0.3 is 0 Å². The van der Waals surface area contributed by atoms with Gasteiger partial charge < -0.3 is 5.32 Å². The molecule has 0 bridgehead atoms. The monoisotopic (exact) mass is 319 g/mol. The Morgan fingerprint density at radius 1 is 0.955 bits per heavy atom. The predicted molar refractivity (Wildman–Crippen MR) is 88.6 cm³/mol. The van der Waals surface area contributed by atoms with E-state index in [-0.39, 0.29) is 0 Å². The Bertz CT molecular complexity index is 620. The maximum Gasteiger partial charge on any atom is 0.261 e. The first-order chi connectivity index (χ1) is 10.4. The molecule has 0 radical (unpaired) electrons. The van der Waals surface area contributed by atoms with Crippen molar-refractivity contribution in [1.29, 1.82) is 0 Å². The van der Waals surface area contributed by atoms with Crippen LogP contribution in [0.1, 0.15) is 17.0 Å². The molecule has 1 heterocycles. The molecule has 22 heavy (non-hydrogen) atoms. The van der Waals surface area contributed by atoms with Gasteiger partial charge in [0.15, 0.2) is 0 Å². The van der Waals surface area contributed by atoms with Gasteiger partial charge in [0.05, 0.1) is 6.26 Å². The van der Waals surface area contributed by atoms with Gasteiger partial charge in [-0.05, 0) is 17.0 Å². The second-order valence-corrected chi connectivity index (χ2v) is 6.92. The van der Waals surface area contributed by atoms with E-state index in [4.69, 9.17) is 4.55 Å². The van der Waals surface area contributed by atoms with Crippen LogP contribution in [0.2, 0.25) is 0 Å². The molecule has 1 fully saturated rings. The topological polar surface area (TPSA) is 66.4 Å². The highest BCUT2D eigenvalue weighted by atomic mass is 32.2. The van der Waals surface area contributed by atoms with E-state index in [9.17, 15) is 8.42 Å². The summed E-state index contributed by atoms with van der Waals surface area (Å²) in [4.78, 5) is 0. The van der Waals surface area contributed by atoms with Crippen LogP contribution in [0.3, 0.4) is 0 Å². The number of rotatable bonds is 3. The fourth-order valence-corrected chi connectivity index (χ4v) is 2.60. The van der Waals surface area contributed by atoms with E-state index in [1.165, 1.54) is 11.1 Å². The number of nitrogens with one attached hydrogen (secondary N) is 1. The van der Waals surface area contributed by atoms with Gasteiger partial charge in [0, 0.05) is 19.0 Å². The maximum atomic E-state index is 9.19. The lowest BCUT2D eigenvalue weighted by molar-refractivity contribution is 0.315. The Morgan fingerprint density at radius 3 is 1.59 bits per heavy atom. The molecule has 0 amide bonds. The highest BCUT2D eigenvalue weighted by Gasteiger charge is 2.29. The molecule has 2 aromatic rings. The lowest BCUT2D eigenvalue weighted by Crippen LogP contribution is -2.45. The zero-order valence-corrected chi connectivity index (χ0v) is 13.3. The normalized spacial score (nSPS) is 14.9. The third-order valence-electron chi connectivity index (χ3n) is 3.60. The Labute approximate surface area is 131 Å². The minimum absolute atomic E-state index is 0.540. The second-order valence-electron chi connectivity index (χ2n) is 5.45. The summed E-state index contributed by atoms with van der Waals surface area (Å²) < 4.78 is 25.9. The van der Waals surface area contributed by atoms with Gasteiger partial charge in [-0.25, -0.2) is 0 Å². The summed E-state index contributed by atoms with van der Waals surface area (Å²) in [6, 6.07) is 21.7. The predicted octanol–water partition coefficient (Wildman–Crippen LogP) is 2.54. The van der Waals surface area contributed by atoms with Gasteiger partial charge in [-0.15, -0.1) is 0 Å². The van der Waals surface area contributed by atoms with Crippen molar-refractivity contribution >= 4 is 10.1 Å². The van der Waals surface area contributed by atoms with E-state index in [0.29, 0.717) is 12.2 Å². The number of hydrogen-bond acceptors (Lipinski definition) is 3. The number of hydrogen-bond donors (Lipinski definition) is 2. The molecule has 1 saturated heterocycles. The van der Waals surface area contributed by atoms with E-state index in [2.05, 4.69) is 66.0 Å². The lowest BCUT2D eigenvalue weighted by atomic mass is 9.78. The minimum atomic E-state index is -3.67. The van der Waals surface area contributed by atoms with Crippen LogP contribution in [0.25, 0.3) is 0 Å². The van der Waals surface area contributed by atoms with E-state index in [0.717, 1.165) is 19.0 Å². The van der Waals surface area contributed by atoms with Gasteiger partial charge in [0.25, 0.3) is 10.1 Å². The van der Waals surface area contributed by atoms with Crippen molar-refractivity contribution < 1.29 is 13.0 Å². The zero-order valence-electron chi connectivity index (χ0n) is 12.5. The van der Waals surface area contributed by atoms with Crippen molar-refractivity contribution in [2.75, 3.05) is 19.3 Å². The third-order valence-corrected chi connectivity index (χ3v) is 3.60. The molecule has 118 valence electrons. The van der Waals surface area contributed by atoms with Crippen LogP contribution in [-0.4, -0.2) is 32.3 Å². The molecule has 0 saturated carbocycles. The molecule has 0 aromatic heterocycles. The molecule has 0 atom stereocenters. The third kappa shape index (κ3) is 5.26.